The number of nitrogens with zero attached hydrogens (tertiary/aromatic N) is 2. The van der Waals surface area contributed by atoms with Gasteiger partial charge in [0.05, 0.1) is 12.0 Å². The van der Waals surface area contributed by atoms with Crippen LogP contribution < -0.4 is 0 Å². The van der Waals surface area contributed by atoms with Gasteiger partial charge in [0.15, 0.2) is 0 Å². The Kier molecular flexibility index (Phi) is 1.99. The SMILES string of the molecule is CC1(c2nc(C(=O)O)no2)CCOC1. The van der Waals surface area contributed by atoms with Gasteiger partial charge in [-0.25, -0.2) is 4.79 Å². The highest BCUT2D eigenvalue weighted by atomic mass is 16.5. The molecule has 6 heteroatoms. The topological polar surface area (TPSA) is 85.5 Å². The van der Waals surface area contributed by atoms with Crippen molar-refractivity contribution < 1.29 is 19.2 Å². The highest BCUT2D eigenvalue weighted by Gasteiger charge is 2.37. The lowest BCUT2D eigenvalue weighted by atomic mass is 9.90. The molecular weight excluding hydrogens is 188 g/mol. The molecule has 2 rings (SSSR count). The van der Waals surface area contributed by atoms with Crippen molar-refractivity contribution in [2.24, 2.45) is 0 Å². The second-order valence-electron chi connectivity index (χ2n) is 3.59. The van der Waals surface area contributed by atoms with E-state index in [0.29, 0.717) is 19.1 Å². The summed E-state index contributed by atoms with van der Waals surface area (Å²) >= 11 is 0. The van der Waals surface area contributed by atoms with E-state index in [1.54, 1.807) is 0 Å². The summed E-state index contributed by atoms with van der Waals surface area (Å²) in [5, 5.41) is 12.0. The molecule has 0 spiro atoms. The maximum atomic E-state index is 10.5. The number of carboxylic acid groups (broad SMARTS) is 1. The molecule has 1 N–H and O–H groups in total. The summed E-state index contributed by atoms with van der Waals surface area (Å²) in [5.74, 6) is -1.14. The zero-order valence-electron chi connectivity index (χ0n) is 7.69. The number of aromatic nitrogens is 2. The van der Waals surface area contributed by atoms with Crippen LogP contribution in [0.25, 0.3) is 0 Å². The minimum atomic E-state index is -1.18. The van der Waals surface area contributed by atoms with Crippen molar-refractivity contribution in [3.05, 3.63) is 11.7 Å². The highest BCUT2D eigenvalue weighted by Crippen LogP contribution is 2.31. The number of rotatable bonds is 2. The van der Waals surface area contributed by atoms with Crippen LogP contribution in [0.3, 0.4) is 0 Å². The predicted octanol–water partition coefficient (Wildman–Crippen LogP) is 0.446. The molecule has 1 aromatic heterocycles. The van der Waals surface area contributed by atoms with E-state index in [1.165, 1.54) is 0 Å². The van der Waals surface area contributed by atoms with Gasteiger partial charge in [-0.15, -0.1) is 0 Å². The van der Waals surface area contributed by atoms with E-state index >= 15 is 0 Å². The Balaban J connectivity index is 2.28. The molecule has 6 nitrogen and oxygen atoms in total. The first-order valence-corrected chi connectivity index (χ1v) is 4.27. The van der Waals surface area contributed by atoms with Crippen LogP contribution in [0.2, 0.25) is 0 Å². The molecule has 1 fully saturated rings. The fourth-order valence-electron chi connectivity index (χ4n) is 1.39. The summed E-state index contributed by atoms with van der Waals surface area (Å²) < 4.78 is 10.1. The Morgan fingerprint density at radius 1 is 1.64 bits per heavy atom. The van der Waals surface area contributed by atoms with E-state index in [9.17, 15) is 4.79 Å². The van der Waals surface area contributed by atoms with Crippen LogP contribution in [0.1, 0.15) is 29.9 Å². The third kappa shape index (κ3) is 1.37. The molecule has 0 radical (unpaired) electrons. The molecule has 1 atom stereocenters. The second-order valence-corrected chi connectivity index (χ2v) is 3.59. The first-order chi connectivity index (χ1) is 6.62. The van der Waals surface area contributed by atoms with Gasteiger partial charge in [0.2, 0.25) is 5.89 Å². The van der Waals surface area contributed by atoms with Gasteiger partial charge < -0.3 is 14.4 Å². The number of hydrogen-bond acceptors (Lipinski definition) is 5. The number of aromatic carboxylic acids is 1. The molecule has 0 aliphatic carbocycles. The summed E-state index contributed by atoms with van der Waals surface area (Å²) in [4.78, 5) is 14.3. The van der Waals surface area contributed by atoms with E-state index in [2.05, 4.69) is 10.1 Å². The van der Waals surface area contributed by atoms with E-state index in [4.69, 9.17) is 14.4 Å². The monoisotopic (exact) mass is 198 g/mol. The van der Waals surface area contributed by atoms with Crippen LogP contribution in [0, 0.1) is 0 Å². The largest absolute Gasteiger partial charge is 0.475 e. The van der Waals surface area contributed by atoms with Gasteiger partial charge >= 0.3 is 5.97 Å². The maximum absolute atomic E-state index is 10.5. The summed E-state index contributed by atoms with van der Waals surface area (Å²) in [6.07, 6.45) is 0.772. The summed E-state index contributed by atoms with van der Waals surface area (Å²) in [6, 6.07) is 0. The van der Waals surface area contributed by atoms with Gasteiger partial charge in [-0.05, 0) is 18.5 Å². The van der Waals surface area contributed by atoms with Crippen LogP contribution in [-0.2, 0) is 10.2 Å². The van der Waals surface area contributed by atoms with E-state index in [-0.39, 0.29) is 11.2 Å². The van der Waals surface area contributed by atoms with Crippen LogP contribution in [0.5, 0.6) is 0 Å². The van der Waals surface area contributed by atoms with Crippen molar-refractivity contribution in [2.45, 2.75) is 18.8 Å². The molecular formula is C8H10N2O4. The zero-order chi connectivity index (χ0) is 10.2. The molecule has 0 saturated carbocycles. The first-order valence-electron chi connectivity index (χ1n) is 4.27. The van der Waals surface area contributed by atoms with Crippen molar-refractivity contribution in [1.29, 1.82) is 0 Å². The smallest absolute Gasteiger partial charge is 0.377 e. The molecule has 14 heavy (non-hydrogen) atoms. The van der Waals surface area contributed by atoms with Gasteiger partial charge in [-0.1, -0.05) is 0 Å². The molecule has 1 aliphatic rings. The summed E-state index contributed by atoms with van der Waals surface area (Å²) in [7, 11) is 0. The zero-order valence-corrected chi connectivity index (χ0v) is 7.69. The normalized spacial score (nSPS) is 26.6. The lowest BCUT2D eigenvalue weighted by molar-refractivity contribution is 0.0680. The van der Waals surface area contributed by atoms with Crippen LogP contribution >= 0.6 is 0 Å². The fourth-order valence-corrected chi connectivity index (χ4v) is 1.39. The third-order valence-corrected chi connectivity index (χ3v) is 2.35. The Hall–Kier alpha value is -1.43. The average molecular weight is 198 g/mol. The van der Waals surface area contributed by atoms with Crippen molar-refractivity contribution in [3.63, 3.8) is 0 Å². The molecule has 0 aromatic carbocycles. The van der Waals surface area contributed by atoms with Crippen LogP contribution in [0.15, 0.2) is 4.52 Å². The Bertz CT molecular complexity index is 354. The molecule has 1 unspecified atom stereocenters. The average Bonchev–Trinajstić information content (AvgIpc) is 2.71. The fraction of sp³-hybridized carbons (Fsp3) is 0.625. The van der Waals surface area contributed by atoms with Gasteiger partial charge in [-0.2, -0.15) is 4.98 Å². The quantitative estimate of drug-likeness (QED) is 0.742. The Morgan fingerprint density at radius 3 is 2.93 bits per heavy atom. The van der Waals surface area contributed by atoms with Crippen molar-refractivity contribution in [1.82, 2.24) is 10.1 Å². The summed E-state index contributed by atoms with van der Waals surface area (Å²) in [6.45, 7) is 3.05. The molecule has 1 aliphatic heterocycles. The maximum Gasteiger partial charge on any atom is 0.377 e. The second kappa shape index (κ2) is 3.06. The number of ether oxygens (including phenoxy) is 1. The number of carbonyl (C=O) groups is 1. The van der Waals surface area contributed by atoms with Crippen LogP contribution in [0.4, 0.5) is 0 Å². The third-order valence-electron chi connectivity index (χ3n) is 2.35. The number of hydrogen-bond donors (Lipinski definition) is 1. The lowest BCUT2D eigenvalue weighted by Gasteiger charge is -2.14. The van der Waals surface area contributed by atoms with E-state index in [1.807, 2.05) is 6.92 Å². The number of carboxylic acids is 1. The molecule has 0 amide bonds. The lowest BCUT2D eigenvalue weighted by Crippen LogP contribution is -2.22. The van der Waals surface area contributed by atoms with Crippen molar-refractivity contribution in [2.75, 3.05) is 13.2 Å². The molecule has 1 aromatic rings. The molecule has 76 valence electrons. The van der Waals surface area contributed by atoms with Crippen LogP contribution in [-0.4, -0.2) is 34.4 Å². The predicted molar refractivity (Wildman–Crippen MR) is 44.0 cm³/mol. The Morgan fingerprint density at radius 2 is 2.43 bits per heavy atom. The minimum Gasteiger partial charge on any atom is -0.475 e. The Labute approximate surface area is 79.9 Å². The molecule has 2 heterocycles. The molecule has 0 bridgehead atoms. The minimum absolute atomic E-state index is 0.298. The first kappa shape index (κ1) is 9.14. The van der Waals surface area contributed by atoms with Crippen molar-refractivity contribution >= 4 is 5.97 Å². The van der Waals surface area contributed by atoms with E-state index < -0.39 is 5.97 Å². The van der Waals surface area contributed by atoms with Gasteiger partial charge in [0.1, 0.15) is 0 Å². The van der Waals surface area contributed by atoms with Gasteiger partial charge in [0.25, 0.3) is 5.82 Å². The summed E-state index contributed by atoms with van der Waals surface area (Å²) in [5.41, 5.74) is -0.333. The molecule has 1 saturated heterocycles. The standard InChI is InChI=1S/C8H10N2O4/c1-8(2-3-13-4-8)7-9-5(6(11)12)10-14-7/h2-4H2,1H3,(H,11,12). The van der Waals surface area contributed by atoms with E-state index in [0.717, 1.165) is 6.42 Å². The van der Waals surface area contributed by atoms with Crippen molar-refractivity contribution in [3.8, 4) is 0 Å². The highest BCUT2D eigenvalue weighted by molar-refractivity contribution is 5.82. The van der Waals surface area contributed by atoms with Gasteiger partial charge in [-0.3, -0.25) is 0 Å². The van der Waals surface area contributed by atoms with Gasteiger partial charge in [0, 0.05) is 6.61 Å².